The number of aromatic nitrogens is 1. The molecule has 0 saturated heterocycles. The maximum absolute atomic E-state index is 11.9. The van der Waals surface area contributed by atoms with E-state index in [1.165, 1.54) is 0 Å². The molecule has 2 N–H and O–H groups in total. The van der Waals surface area contributed by atoms with Gasteiger partial charge in [0.25, 0.3) is 5.56 Å². The van der Waals surface area contributed by atoms with E-state index >= 15 is 0 Å². The number of carbonyl (C=O) groups is 1. The Kier molecular flexibility index (Phi) is 5.15. The third-order valence-electron chi connectivity index (χ3n) is 3.93. The molecular formula is C18H22N2O2. The second-order valence-corrected chi connectivity index (χ2v) is 5.39. The number of allylic oxidation sites excluding steroid dienone is 4. The van der Waals surface area contributed by atoms with Crippen molar-refractivity contribution in [3.05, 3.63) is 64.2 Å². The Bertz CT molecular complexity index is 695. The van der Waals surface area contributed by atoms with E-state index in [0.29, 0.717) is 11.3 Å². The number of pyridine rings is 1. The zero-order chi connectivity index (χ0) is 16.1. The third kappa shape index (κ3) is 3.45. The van der Waals surface area contributed by atoms with E-state index in [1.807, 2.05) is 31.2 Å². The molecule has 2 unspecified atom stereocenters. The minimum absolute atomic E-state index is 0.0278. The van der Waals surface area contributed by atoms with Crippen molar-refractivity contribution in [2.24, 2.45) is 5.92 Å². The van der Waals surface area contributed by atoms with Crippen LogP contribution in [0.5, 0.6) is 0 Å². The number of nitrogens with one attached hydrogen (secondary N) is 2. The molecule has 4 nitrogen and oxygen atoms in total. The van der Waals surface area contributed by atoms with Crippen LogP contribution in [0.1, 0.15) is 32.8 Å². The quantitative estimate of drug-likeness (QED) is 0.822. The first-order chi connectivity index (χ1) is 10.6. The molecule has 0 bridgehead atoms. The standard InChI is InChI=1S/C18H22N2O2/c1-4-13-11-14(15-7-6-10-19-18(15)22)8-9-17(13)20-16(5-2)12(3)21/h5-11,13,17,20H,4H2,1-3H3,(H,19,22)/b16-5-. The van der Waals surface area contributed by atoms with Crippen LogP contribution in [0, 0.1) is 5.92 Å². The molecule has 2 atom stereocenters. The van der Waals surface area contributed by atoms with Gasteiger partial charge in [0.1, 0.15) is 0 Å². The fourth-order valence-corrected chi connectivity index (χ4v) is 2.66. The van der Waals surface area contributed by atoms with Crippen LogP contribution in [0.2, 0.25) is 0 Å². The molecule has 0 aliphatic heterocycles. The van der Waals surface area contributed by atoms with Gasteiger partial charge in [0.05, 0.1) is 11.7 Å². The first-order valence-corrected chi connectivity index (χ1v) is 7.58. The molecule has 4 heteroatoms. The van der Waals surface area contributed by atoms with Gasteiger partial charge in [-0.1, -0.05) is 31.2 Å². The normalized spacial score (nSPS) is 21.4. The summed E-state index contributed by atoms with van der Waals surface area (Å²) in [4.78, 5) is 26.2. The average molecular weight is 298 g/mol. The van der Waals surface area contributed by atoms with Crippen molar-refractivity contribution in [1.29, 1.82) is 0 Å². The Morgan fingerprint density at radius 1 is 1.45 bits per heavy atom. The molecule has 1 aromatic rings. The van der Waals surface area contributed by atoms with Crippen LogP contribution in [0.4, 0.5) is 0 Å². The lowest BCUT2D eigenvalue weighted by Crippen LogP contribution is -2.36. The van der Waals surface area contributed by atoms with Crippen LogP contribution in [0.25, 0.3) is 5.57 Å². The highest BCUT2D eigenvalue weighted by Gasteiger charge is 2.22. The zero-order valence-corrected chi connectivity index (χ0v) is 13.2. The summed E-state index contributed by atoms with van der Waals surface area (Å²) in [5.41, 5.74) is 2.14. The van der Waals surface area contributed by atoms with E-state index in [0.717, 1.165) is 12.0 Å². The number of ketones is 1. The molecular weight excluding hydrogens is 276 g/mol. The van der Waals surface area contributed by atoms with Gasteiger partial charge in [-0.3, -0.25) is 9.59 Å². The van der Waals surface area contributed by atoms with Gasteiger partial charge < -0.3 is 10.3 Å². The van der Waals surface area contributed by atoms with Crippen molar-refractivity contribution in [2.45, 2.75) is 33.2 Å². The minimum atomic E-state index is -0.0856. The summed E-state index contributed by atoms with van der Waals surface area (Å²) < 4.78 is 0. The van der Waals surface area contributed by atoms with Crippen molar-refractivity contribution >= 4 is 11.4 Å². The molecule has 0 radical (unpaired) electrons. The maximum atomic E-state index is 11.9. The van der Waals surface area contributed by atoms with Crippen LogP contribution in [0.3, 0.4) is 0 Å². The van der Waals surface area contributed by atoms with E-state index < -0.39 is 0 Å². The van der Waals surface area contributed by atoms with E-state index in [9.17, 15) is 9.59 Å². The Labute approximate surface area is 130 Å². The molecule has 22 heavy (non-hydrogen) atoms. The predicted molar refractivity (Wildman–Crippen MR) is 89.3 cm³/mol. The summed E-state index contributed by atoms with van der Waals surface area (Å²) >= 11 is 0. The van der Waals surface area contributed by atoms with Crippen LogP contribution in [-0.4, -0.2) is 16.8 Å². The lowest BCUT2D eigenvalue weighted by molar-refractivity contribution is -0.114. The zero-order valence-electron chi connectivity index (χ0n) is 13.2. The van der Waals surface area contributed by atoms with E-state index in [4.69, 9.17) is 0 Å². The molecule has 0 fully saturated rings. The van der Waals surface area contributed by atoms with Crippen LogP contribution in [0.15, 0.2) is 53.1 Å². The largest absolute Gasteiger partial charge is 0.376 e. The fraction of sp³-hybridized carbons (Fsp3) is 0.333. The van der Waals surface area contributed by atoms with Crippen molar-refractivity contribution in [1.82, 2.24) is 10.3 Å². The first kappa shape index (κ1) is 16.0. The SMILES string of the molecule is C/C=C(\NC1C=CC(c2ccc[nH]c2=O)=CC1CC)C(C)=O. The van der Waals surface area contributed by atoms with Crippen molar-refractivity contribution in [2.75, 3.05) is 0 Å². The van der Waals surface area contributed by atoms with Crippen molar-refractivity contribution < 1.29 is 4.79 Å². The summed E-state index contributed by atoms with van der Waals surface area (Å²) in [6.07, 6.45) is 10.4. The number of aromatic amines is 1. The lowest BCUT2D eigenvalue weighted by atomic mass is 9.87. The Hall–Kier alpha value is -2.36. The van der Waals surface area contributed by atoms with Gasteiger partial charge in [0, 0.05) is 24.6 Å². The highest BCUT2D eigenvalue weighted by molar-refractivity contribution is 5.92. The minimum Gasteiger partial charge on any atom is -0.376 e. The molecule has 0 amide bonds. The topological polar surface area (TPSA) is 62.0 Å². The molecule has 1 aliphatic carbocycles. The third-order valence-corrected chi connectivity index (χ3v) is 3.93. The second kappa shape index (κ2) is 7.07. The van der Waals surface area contributed by atoms with Gasteiger partial charge in [-0.2, -0.15) is 0 Å². The van der Waals surface area contributed by atoms with Crippen LogP contribution in [-0.2, 0) is 4.79 Å². The van der Waals surface area contributed by atoms with Crippen LogP contribution < -0.4 is 10.9 Å². The summed E-state index contributed by atoms with van der Waals surface area (Å²) in [5, 5.41) is 3.29. The summed E-state index contributed by atoms with van der Waals surface area (Å²) in [6.45, 7) is 5.51. The molecule has 1 aromatic heterocycles. The monoisotopic (exact) mass is 298 g/mol. The fourth-order valence-electron chi connectivity index (χ4n) is 2.66. The van der Waals surface area contributed by atoms with Gasteiger partial charge in [-0.25, -0.2) is 0 Å². The lowest BCUT2D eigenvalue weighted by Gasteiger charge is -2.27. The van der Waals surface area contributed by atoms with Gasteiger partial charge in [-0.15, -0.1) is 0 Å². The number of hydrogen-bond acceptors (Lipinski definition) is 3. The Morgan fingerprint density at radius 2 is 2.23 bits per heavy atom. The molecule has 0 spiro atoms. The smallest absolute Gasteiger partial charge is 0.255 e. The number of rotatable bonds is 5. The number of Topliss-reactive ketones (excluding diaryl/α,β-unsaturated/α-hetero) is 1. The predicted octanol–water partition coefficient (Wildman–Crippen LogP) is 2.81. The number of hydrogen-bond donors (Lipinski definition) is 2. The first-order valence-electron chi connectivity index (χ1n) is 7.58. The Morgan fingerprint density at radius 3 is 2.82 bits per heavy atom. The molecule has 0 saturated carbocycles. The summed E-state index contributed by atoms with van der Waals surface area (Å²) in [7, 11) is 0. The number of carbonyl (C=O) groups excluding carboxylic acids is 1. The molecule has 1 heterocycles. The van der Waals surface area contributed by atoms with E-state index in [1.54, 1.807) is 19.2 Å². The second-order valence-electron chi connectivity index (χ2n) is 5.39. The highest BCUT2D eigenvalue weighted by atomic mass is 16.1. The number of H-pyrrole nitrogens is 1. The van der Waals surface area contributed by atoms with Gasteiger partial charge in [0.15, 0.2) is 5.78 Å². The maximum Gasteiger partial charge on any atom is 0.255 e. The van der Waals surface area contributed by atoms with Gasteiger partial charge in [0.2, 0.25) is 0 Å². The molecule has 116 valence electrons. The van der Waals surface area contributed by atoms with Gasteiger partial charge in [-0.05, 0) is 31.1 Å². The molecule has 0 aromatic carbocycles. The summed E-state index contributed by atoms with van der Waals surface area (Å²) in [6, 6.07) is 3.71. The van der Waals surface area contributed by atoms with Crippen molar-refractivity contribution in [3.8, 4) is 0 Å². The van der Waals surface area contributed by atoms with Crippen LogP contribution >= 0.6 is 0 Å². The van der Waals surface area contributed by atoms with E-state index in [-0.39, 0.29) is 23.3 Å². The molecule has 1 aliphatic rings. The molecule has 2 rings (SSSR count). The summed E-state index contributed by atoms with van der Waals surface area (Å²) in [5.74, 6) is 0.258. The average Bonchev–Trinajstić information content (AvgIpc) is 2.52. The highest BCUT2D eigenvalue weighted by Crippen LogP contribution is 2.25. The Balaban J connectivity index is 2.25. The van der Waals surface area contributed by atoms with Crippen molar-refractivity contribution in [3.63, 3.8) is 0 Å². The van der Waals surface area contributed by atoms with E-state index in [2.05, 4.69) is 23.3 Å². The van der Waals surface area contributed by atoms with Gasteiger partial charge >= 0.3 is 0 Å².